The number of benzene rings is 9. The van der Waals surface area contributed by atoms with Crippen LogP contribution in [0.4, 0.5) is 11.4 Å². The van der Waals surface area contributed by atoms with Gasteiger partial charge in [0.05, 0.1) is 64.8 Å². The molecule has 9 heteroatoms. The molecule has 0 aliphatic heterocycles. The molecule has 346 valence electrons. The summed E-state index contributed by atoms with van der Waals surface area (Å²) < 4.78 is 2.21. The molecule has 0 spiro atoms. The molecule has 0 fully saturated rings. The number of hydrogen-bond donors (Lipinski definition) is 0. The lowest BCUT2D eigenvalue weighted by Gasteiger charge is -2.17. The molecule has 0 saturated heterocycles. The van der Waals surface area contributed by atoms with Crippen LogP contribution in [0.2, 0.25) is 0 Å². The lowest BCUT2D eigenvalue weighted by molar-refractivity contribution is 1.13. The summed E-state index contributed by atoms with van der Waals surface area (Å²) in [6.45, 7) is 15.7. The van der Waals surface area contributed by atoms with Gasteiger partial charge in [0, 0.05) is 55.3 Å². The zero-order chi connectivity index (χ0) is 50.8. The van der Waals surface area contributed by atoms with Gasteiger partial charge >= 0.3 is 0 Å². The Hall–Kier alpha value is -11.1. The highest BCUT2D eigenvalue weighted by Gasteiger charge is 2.23. The Bertz CT molecular complexity index is 4070. The van der Waals surface area contributed by atoms with Gasteiger partial charge in [-0.2, -0.15) is 10.5 Å². The summed E-state index contributed by atoms with van der Waals surface area (Å²) in [4.78, 5) is 28.8. The van der Waals surface area contributed by atoms with Crippen molar-refractivity contribution in [2.45, 2.75) is 0 Å². The maximum Gasteiger partial charge on any atom is 0.189 e. The first-order valence-electron chi connectivity index (χ1n) is 24.0. The maximum absolute atomic E-state index is 10.0. The van der Waals surface area contributed by atoms with E-state index in [-0.39, 0.29) is 0 Å². The summed E-state index contributed by atoms with van der Waals surface area (Å²) in [5.74, 6) is 0.974. The average molecular weight is 956 g/mol. The van der Waals surface area contributed by atoms with E-state index in [1.54, 1.807) is 36.4 Å². The largest absolute Gasteiger partial charge is 0.308 e. The summed E-state index contributed by atoms with van der Waals surface area (Å²) in [5.41, 5.74) is 15.2. The number of aromatic nitrogens is 5. The highest BCUT2D eigenvalue weighted by Crippen LogP contribution is 2.42. The van der Waals surface area contributed by atoms with Gasteiger partial charge in [-0.15, -0.1) is 0 Å². The van der Waals surface area contributed by atoms with E-state index in [2.05, 4.69) is 62.8 Å². The SMILES string of the molecule is [C-]#[N+]c1cc(C#N)cc(-c2ccc3c4ccc(-c5cc(C#N)cc([N+]#[C-])c5)cc4n(-c4ccc(-c5nc(-c6ccccc6)cc(-c6ccccc6)n5)cc4-c4nc(-c5ccccc5)cc(-c5ccccc5)n4)c3c2)c1. The minimum absolute atomic E-state index is 0.365. The number of rotatable bonds is 9. The summed E-state index contributed by atoms with van der Waals surface area (Å²) in [6.07, 6.45) is 0. The quantitative estimate of drug-likeness (QED) is 0.133. The van der Waals surface area contributed by atoms with Crippen molar-refractivity contribution in [3.05, 3.63) is 258 Å². The van der Waals surface area contributed by atoms with E-state index in [9.17, 15) is 10.5 Å². The van der Waals surface area contributed by atoms with E-state index in [0.717, 1.165) is 100 Å². The van der Waals surface area contributed by atoms with Crippen molar-refractivity contribution in [1.29, 1.82) is 10.5 Å². The minimum atomic E-state index is 0.365. The normalized spacial score (nSPS) is 10.9. The van der Waals surface area contributed by atoms with E-state index in [1.165, 1.54) is 0 Å². The molecular formula is C66H37N9. The molecule has 0 aliphatic rings. The van der Waals surface area contributed by atoms with Gasteiger partial charge in [0.25, 0.3) is 0 Å². The number of fused-ring (bicyclic) bond motifs is 3. The Morgan fingerprint density at radius 2 is 0.733 bits per heavy atom. The van der Waals surface area contributed by atoms with Crippen molar-refractivity contribution >= 4 is 33.2 Å². The lowest BCUT2D eigenvalue weighted by Crippen LogP contribution is -2.03. The van der Waals surface area contributed by atoms with E-state index >= 15 is 0 Å². The average Bonchev–Trinajstić information content (AvgIpc) is 3.82. The van der Waals surface area contributed by atoms with Crippen LogP contribution in [0.1, 0.15) is 11.1 Å². The Kier molecular flexibility index (Phi) is 11.6. The zero-order valence-electron chi connectivity index (χ0n) is 39.9. The third-order valence-corrected chi connectivity index (χ3v) is 13.3. The standard InChI is InChI=1S/C66H37N9/c1-69-53-31-42(40-67)29-51(33-53)48-23-26-55-56-27-24-49(52-30-43(41-68)32-54(34-52)70-2)37-64(56)75(63(55)36-48)62-28-25-50(65-71-58(44-15-7-3-8-16-44)38-59(72-65)45-17-9-4-10-18-45)35-57(62)66-73-60(46-19-11-5-12-20-46)39-61(74-66)47-21-13-6-14-22-47/h3-39H. The van der Waals surface area contributed by atoms with Crippen LogP contribution in [-0.4, -0.2) is 24.5 Å². The predicted octanol–water partition coefficient (Wildman–Crippen LogP) is 16.5. The van der Waals surface area contributed by atoms with Crippen LogP contribution in [0.15, 0.2) is 224 Å². The Morgan fingerprint density at radius 1 is 0.347 bits per heavy atom. The Balaban J connectivity index is 1.19. The highest BCUT2D eigenvalue weighted by molar-refractivity contribution is 6.12. The van der Waals surface area contributed by atoms with Gasteiger partial charge in [0.15, 0.2) is 23.0 Å². The molecule has 0 atom stereocenters. The Morgan fingerprint density at radius 3 is 1.12 bits per heavy atom. The molecule has 9 nitrogen and oxygen atoms in total. The van der Waals surface area contributed by atoms with Gasteiger partial charge in [0.2, 0.25) is 0 Å². The fourth-order valence-electron chi connectivity index (χ4n) is 9.67. The lowest BCUT2D eigenvalue weighted by atomic mass is 9.99. The first-order valence-corrected chi connectivity index (χ1v) is 24.0. The van der Waals surface area contributed by atoms with Gasteiger partial charge in [-0.3, -0.25) is 0 Å². The number of hydrogen-bond acceptors (Lipinski definition) is 6. The summed E-state index contributed by atoms with van der Waals surface area (Å²) in [5, 5.41) is 22.0. The fraction of sp³-hybridized carbons (Fsp3) is 0. The summed E-state index contributed by atoms with van der Waals surface area (Å²) in [7, 11) is 0. The molecule has 75 heavy (non-hydrogen) atoms. The number of nitriles is 2. The molecule has 12 aromatic rings. The van der Waals surface area contributed by atoms with E-state index < -0.39 is 0 Å². The van der Waals surface area contributed by atoms with Crippen molar-refractivity contribution in [3.63, 3.8) is 0 Å². The van der Waals surface area contributed by atoms with Crippen LogP contribution in [0.5, 0.6) is 0 Å². The van der Waals surface area contributed by atoms with Crippen LogP contribution >= 0.6 is 0 Å². The minimum Gasteiger partial charge on any atom is -0.308 e. The first-order chi connectivity index (χ1) is 36.9. The number of nitrogens with zero attached hydrogens (tertiary/aromatic N) is 9. The van der Waals surface area contributed by atoms with Crippen LogP contribution in [0.3, 0.4) is 0 Å². The Labute approximate surface area is 432 Å². The second-order valence-electron chi connectivity index (χ2n) is 17.9. The molecule has 12 rings (SSSR count). The molecule has 0 bridgehead atoms. The molecule has 0 unspecified atom stereocenters. The third-order valence-electron chi connectivity index (χ3n) is 13.3. The van der Waals surface area contributed by atoms with Gasteiger partial charge < -0.3 is 4.57 Å². The van der Waals surface area contributed by atoms with Crippen LogP contribution in [-0.2, 0) is 0 Å². The van der Waals surface area contributed by atoms with Crippen molar-refractivity contribution < 1.29 is 0 Å². The molecule has 9 aromatic carbocycles. The zero-order valence-corrected chi connectivity index (χ0v) is 39.9. The third kappa shape index (κ3) is 8.68. The second kappa shape index (κ2) is 19.2. The second-order valence-corrected chi connectivity index (χ2v) is 17.9. The molecule has 0 amide bonds. The van der Waals surface area contributed by atoms with Crippen molar-refractivity contribution in [2.24, 2.45) is 0 Å². The molecule has 3 aromatic heterocycles. The van der Waals surface area contributed by atoms with Gasteiger partial charge in [0.1, 0.15) is 0 Å². The summed E-state index contributed by atoms with van der Waals surface area (Å²) >= 11 is 0. The highest BCUT2D eigenvalue weighted by atomic mass is 15.0. The van der Waals surface area contributed by atoms with E-state index in [1.807, 2.05) is 152 Å². The molecular weight excluding hydrogens is 919 g/mol. The smallest absolute Gasteiger partial charge is 0.189 e. The molecule has 0 aliphatic carbocycles. The van der Waals surface area contributed by atoms with Crippen LogP contribution in [0, 0.1) is 35.8 Å². The first kappa shape index (κ1) is 45.1. The van der Waals surface area contributed by atoms with Crippen molar-refractivity contribution in [1.82, 2.24) is 24.5 Å². The van der Waals surface area contributed by atoms with Crippen LogP contribution < -0.4 is 0 Å². The van der Waals surface area contributed by atoms with Crippen LogP contribution in [0.25, 0.3) is 127 Å². The van der Waals surface area contributed by atoms with Gasteiger partial charge in [-0.25, -0.2) is 29.6 Å². The van der Waals surface area contributed by atoms with E-state index in [4.69, 9.17) is 33.1 Å². The van der Waals surface area contributed by atoms with Gasteiger partial charge in [-0.05, 0) is 101 Å². The molecule has 3 heterocycles. The predicted molar refractivity (Wildman–Crippen MR) is 297 cm³/mol. The molecule has 0 radical (unpaired) electrons. The molecule has 0 N–H and O–H groups in total. The van der Waals surface area contributed by atoms with Crippen molar-refractivity contribution in [2.75, 3.05) is 0 Å². The van der Waals surface area contributed by atoms with E-state index in [0.29, 0.717) is 39.7 Å². The van der Waals surface area contributed by atoms with Gasteiger partial charge in [-0.1, -0.05) is 146 Å². The van der Waals surface area contributed by atoms with Crippen molar-refractivity contribution in [3.8, 4) is 108 Å². The molecule has 0 saturated carbocycles. The monoisotopic (exact) mass is 955 g/mol. The topological polar surface area (TPSA) is 113 Å². The summed E-state index contributed by atoms with van der Waals surface area (Å²) in [6, 6.07) is 77.9. The fourth-order valence-corrected chi connectivity index (χ4v) is 9.67. The maximum atomic E-state index is 10.0.